The largest absolute Gasteiger partial charge is 0.0878 e. The lowest BCUT2D eigenvalue weighted by Crippen LogP contribution is -2.36. The molecule has 0 saturated carbocycles. The summed E-state index contributed by atoms with van der Waals surface area (Å²) >= 11 is 0. The molecule has 2 aliphatic rings. The third kappa shape index (κ3) is 1.60. The molecular formula is C13H24Si. The summed E-state index contributed by atoms with van der Waals surface area (Å²) in [7, 11) is -0.946. The molecule has 0 radical (unpaired) electrons. The second-order valence-corrected chi connectivity index (χ2v) is 12.2. The van der Waals surface area contributed by atoms with Crippen molar-refractivity contribution in [2.45, 2.75) is 57.8 Å². The second-order valence-electron chi connectivity index (χ2n) is 7.08. The van der Waals surface area contributed by atoms with E-state index in [-0.39, 0.29) is 0 Å². The summed E-state index contributed by atoms with van der Waals surface area (Å²) in [4.78, 5) is 0. The van der Waals surface area contributed by atoms with E-state index in [1.165, 1.54) is 12.8 Å². The van der Waals surface area contributed by atoms with Crippen molar-refractivity contribution in [1.29, 1.82) is 0 Å². The Hall–Kier alpha value is -0.0431. The fourth-order valence-electron chi connectivity index (χ4n) is 3.48. The first kappa shape index (κ1) is 10.5. The van der Waals surface area contributed by atoms with Crippen LogP contribution in [-0.4, -0.2) is 8.07 Å². The van der Waals surface area contributed by atoms with E-state index in [4.69, 9.17) is 0 Å². The molecule has 1 fully saturated rings. The lowest BCUT2D eigenvalue weighted by Gasteiger charge is -2.37. The van der Waals surface area contributed by atoms with Gasteiger partial charge in [0.2, 0.25) is 0 Å². The molecule has 0 aromatic heterocycles. The van der Waals surface area contributed by atoms with Crippen LogP contribution in [0.15, 0.2) is 12.2 Å². The third-order valence-electron chi connectivity index (χ3n) is 4.38. The summed E-state index contributed by atoms with van der Waals surface area (Å²) in [6, 6.07) is 0. The quantitative estimate of drug-likeness (QED) is 0.441. The molecular weight excluding hydrogens is 184 g/mol. The predicted octanol–water partition coefficient (Wildman–Crippen LogP) is 4.46. The van der Waals surface area contributed by atoms with Gasteiger partial charge in [0.15, 0.2) is 0 Å². The first-order valence-corrected chi connectivity index (χ1v) is 9.14. The number of fused-ring (bicyclic) bond motifs is 2. The molecule has 0 aromatic carbocycles. The van der Waals surface area contributed by atoms with Gasteiger partial charge in [-0.1, -0.05) is 46.0 Å². The van der Waals surface area contributed by atoms with E-state index in [0.29, 0.717) is 5.41 Å². The molecule has 3 atom stereocenters. The van der Waals surface area contributed by atoms with Crippen LogP contribution in [0.4, 0.5) is 0 Å². The summed E-state index contributed by atoms with van der Waals surface area (Å²) < 4.78 is 0. The van der Waals surface area contributed by atoms with Crippen LogP contribution in [0, 0.1) is 11.3 Å². The molecule has 1 heterocycles. The Kier molecular flexibility index (Phi) is 2.23. The molecule has 0 aromatic rings. The topological polar surface area (TPSA) is 0 Å². The van der Waals surface area contributed by atoms with Gasteiger partial charge in [0.1, 0.15) is 0 Å². The third-order valence-corrected chi connectivity index (χ3v) is 9.26. The van der Waals surface area contributed by atoms with E-state index < -0.39 is 8.07 Å². The van der Waals surface area contributed by atoms with Crippen molar-refractivity contribution in [3.05, 3.63) is 12.2 Å². The van der Waals surface area contributed by atoms with Crippen molar-refractivity contribution in [1.82, 2.24) is 0 Å². The molecule has 0 amide bonds. The van der Waals surface area contributed by atoms with Crippen LogP contribution in [-0.2, 0) is 0 Å². The standard InChI is InChI=1S/C13H24Si/c1-13(2,3)9-12-10-6-7-11(8-10)14(12,4)5/h6-7,10-12H,8-9H2,1-5H3/t10-,11+,12?/m0/s1. The summed E-state index contributed by atoms with van der Waals surface area (Å²) in [5.41, 5.74) is 2.57. The summed E-state index contributed by atoms with van der Waals surface area (Å²) in [5, 5.41) is 0. The van der Waals surface area contributed by atoms with Crippen LogP contribution >= 0.6 is 0 Å². The first-order valence-electron chi connectivity index (χ1n) is 5.99. The summed E-state index contributed by atoms with van der Waals surface area (Å²) in [6.07, 6.45) is 7.97. The summed E-state index contributed by atoms with van der Waals surface area (Å²) in [6.45, 7) is 12.4. The van der Waals surface area contributed by atoms with Gasteiger partial charge in [-0.3, -0.25) is 0 Å². The van der Waals surface area contributed by atoms with Crippen molar-refractivity contribution in [2.75, 3.05) is 0 Å². The van der Waals surface area contributed by atoms with Gasteiger partial charge in [0.25, 0.3) is 0 Å². The number of allylic oxidation sites excluding steroid dienone is 2. The molecule has 0 N–H and O–H groups in total. The van der Waals surface area contributed by atoms with E-state index in [1.807, 2.05) is 0 Å². The minimum Gasteiger partial charge on any atom is -0.0878 e. The van der Waals surface area contributed by atoms with Crippen LogP contribution in [0.2, 0.25) is 24.2 Å². The Bertz CT molecular complexity index is 257. The minimum atomic E-state index is -0.946. The van der Waals surface area contributed by atoms with Gasteiger partial charge in [0, 0.05) is 0 Å². The molecule has 2 bridgehead atoms. The van der Waals surface area contributed by atoms with Gasteiger partial charge < -0.3 is 0 Å². The van der Waals surface area contributed by atoms with E-state index in [1.54, 1.807) is 0 Å². The van der Waals surface area contributed by atoms with Crippen molar-refractivity contribution >= 4 is 8.07 Å². The van der Waals surface area contributed by atoms with E-state index in [0.717, 1.165) is 17.0 Å². The Morgan fingerprint density at radius 2 is 1.86 bits per heavy atom. The second kappa shape index (κ2) is 2.97. The molecule has 1 heteroatoms. The zero-order valence-corrected chi connectivity index (χ0v) is 11.3. The number of hydrogen-bond acceptors (Lipinski definition) is 0. The van der Waals surface area contributed by atoms with E-state index >= 15 is 0 Å². The van der Waals surface area contributed by atoms with Crippen molar-refractivity contribution in [3.63, 3.8) is 0 Å². The minimum absolute atomic E-state index is 0.521. The lowest BCUT2D eigenvalue weighted by atomic mass is 9.86. The average molecular weight is 208 g/mol. The van der Waals surface area contributed by atoms with Crippen LogP contribution in [0.1, 0.15) is 33.6 Å². The highest BCUT2D eigenvalue weighted by Crippen LogP contribution is 2.59. The zero-order valence-electron chi connectivity index (χ0n) is 10.3. The normalized spacial score (nSPS) is 39.4. The Morgan fingerprint density at radius 3 is 2.29 bits per heavy atom. The molecule has 1 saturated heterocycles. The van der Waals surface area contributed by atoms with E-state index in [2.05, 4.69) is 46.0 Å². The maximum atomic E-state index is 2.61. The zero-order chi connectivity index (χ0) is 10.6. The van der Waals surface area contributed by atoms with Gasteiger partial charge in [-0.15, -0.1) is 0 Å². The van der Waals surface area contributed by atoms with Crippen molar-refractivity contribution in [2.24, 2.45) is 11.3 Å². The fraction of sp³-hybridized carbons (Fsp3) is 0.846. The molecule has 2 rings (SSSR count). The first-order chi connectivity index (χ1) is 6.31. The Balaban J connectivity index is 2.16. The van der Waals surface area contributed by atoms with Crippen LogP contribution in [0.3, 0.4) is 0 Å². The van der Waals surface area contributed by atoms with Crippen molar-refractivity contribution in [3.8, 4) is 0 Å². The van der Waals surface area contributed by atoms with Crippen molar-refractivity contribution < 1.29 is 0 Å². The highest BCUT2D eigenvalue weighted by atomic mass is 28.3. The van der Waals surface area contributed by atoms with Gasteiger partial charge in [-0.2, -0.15) is 0 Å². The van der Waals surface area contributed by atoms with Gasteiger partial charge in [-0.25, -0.2) is 0 Å². The maximum Gasteiger partial charge on any atom is 0.0580 e. The highest BCUT2D eigenvalue weighted by Gasteiger charge is 2.51. The average Bonchev–Trinajstić information content (AvgIpc) is 2.51. The van der Waals surface area contributed by atoms with Crippen LogP contribution in [0.25, 0.3) is 0 Å². The molecule has 80 valence electrons. The molecule has 1 aliphatic heterocycles. The fourth-order valence-corrected chi connectivity index (χ4v) is 8.00. The smallest absolute Gasteiger partial charge is 0.0580 e. The van der Waals surface area contributed by atoms with Gasteiger partial charge in [0.05, 0.1) is 8.07 Å². The predicted molar refractivity (Wildman–Crippen MR) is 66.3 cm³/mol. The van der Waals surface area contributed by atoms with Gasteiger partial charge in [-0.05, 0) is 35.3 Å². The Labute approximate surface area is 89.8 Å². The maximum absolute atomic E-state index is 2.61. The molecule has 0 nitrogen and oxygen atoms in total. The van der Waals surface area contributed by atoms with E-state index in [9.17, 15) is 0 Å². The summed E-state index contributed by atoms with van der Waals surface area (Å²) in [5.74, 6) is 0.945. The molecule has 1 aliphatic carbocycles. The number of rotatable bonds is 1. The SMILES string of the molecule is CC(C)(C)CC1[C@H]2C=C[C@H](C2)[Si]1(C)C. The molecule has 0 spiro atoms. The Morgan fingerprint density at radius 1 is 1.21 bits per heavy atom. The van der Waals surface area contributed by atoms with Gasteiger partial charge >= 0.3 is 0 Å². The highest BCUT2D eigenvalue weighted by molar-refractivity contribution is 6.81. The van der Waals surface area contributed by atoms with Crippen LogP contribution < -0.4 is 0 Å². The van der Waals surface area contributed by atoms with Crippen LogP contribution in [0.5, 0.6) is 0 Å². The lowest BCUT2D eigenvalue weighted by molar-refractivity contribution is 0.343. The monoisotopic (exact) mass is 208 g/mol. The number of hydrogen-bond donors (Lipinski definition) is 0. The molecule has 1 unspecified atom stereocenters. The molecule has 14 heavy (non-hydrogen) atoms.